The normalized spacial score (nSPS) is 15.6. The number of aliphatic hydroxyl groups is 3. The fourth-order valence-electron chi connectivity index (χ4n) is 11.8. The molecule has 3 atom stereocenters. The van der Waals surface area contributed by atoms with Gasteiger partial charge in [0.15, 0.2) is 17.3 Å². The van der Waals surface area contributed by atoms with Gasteiger partial charge < -0.3 is 83.8 Å². The van der Waals surface area contributed by atoms with Crippen LogP contribution in [0.5, 0.6) is 40.2 Å². The highest BCUT2D eigenvalue weighted by Crippen LogP contribution is 2.40. The van der Waals surface area contributed by atoms with Crippen molar-refractivity contribution >= 4 is 96.7 Å². The average molecular weight is 1430 g/mol. The second-order valence-corrected chi connectivity index (χ2v) is 25.8. The van der Waals surface area contributed by atoms with Crippen molar-refractivity contribution in [2.24, 2.45) is 0 Å². The number of aryl methyl sites for hydroxylation is 1. The number of nitrogens with two attached hydrogens (primary N) is 1. The van der Waals surface area contributed by atoms with Crippen molar-refractivity contribution in [3.8, 4) is 51.6 Å². The van der Waals surface area contributed by atoms with Crippen LogP contribution in [0.3, 0.4) is 0 Å². The molecule has 0 aliphatic carbocycles. The van der Waals surface area contributed by atoms with Crippen molar-refractivity contribution in [3.63, 3.8) is 0 Å². The number of aliphatic hydroxyl groups excluding tert-OH is 3. The molecule has 25 nitrogen and oxygen atoms in total. The maximum absolute atomic E-state index is 9.96. The minimum atomic E-state index is 0.0384. The SMILES string of the molecule is CC(C)Oc1ccc2c(Cl)nc(Cl)nc2c1.CC(C)Oc1ccc2c(N3CCC[C@H]3CO)nc(Cl)nc2c1.COc1cc(-n2cnc(N)c2)cc(OC)c1OC.COc1cc(-n2cnc(Nc3nc(N4CCC[C@H]4CO)c4ccc(OC(C)C)cc4n3)c2)cc(C)c1C.OC[C@@H]1CCCN1. The first-order chi connectivity index (χ1) is 48.1. The Bertz CT molecular complexity index is 4320. The highest BCUT2D eigenvalue weighted by atomic mass is 35.5. The van der Waals surface area contributed by atoms with Crippen molar-refractivity contribution in [1.29, 1.82) is 0 Å². The van der Waals surface area contributed by atoms with E-state index in [0.717, 1.165) is 136 Å². The predicted octanol–water partition coefficient (Wildman–Crippen LogP) is 12.9. The first-order valence-electron chi connectivity index (χ1n) is 33.2. The summed E-state index contributed by atoms with van der Waals surface area (Å²) in [6.07, 6.45) is 13.6. The van der Waals surface area contributed by atoms with Crippen molar-refractivity contribution in [2.45, 2.75) is 130 Å². The Balaban J connectivity index is 0.000000159. The maximum Gasteiger partial charge on any atom is 0.230 e. The lowest BCUT2D eigenvalue weighted by Crippen LogP contribution is -2.33. The number of methoxy groups -OCH3 is 4. The highest BCUT2D eigenvalue weighted by Gasteiger charge is 2.29. The van der Waals surface area contributed by atoms with Gasteiger partial charge in [0, 0.05) is 71.7 Å². The summed E-state index contributed by atoms with van der Waals surface area (Å²) in [5, 5.41) is 37.8. The van der Waals surface area contributed by atoms with E-state index >= 15 is 0 Å². The molecular formula is C72H90Cl3N15O10. The fraction of sp³-hybridized carbons (Fsp3) is 0.417. The zero-order valence-corrected chi connectivity index (χ0v) is 60.8. The van der Waals surface area contributed by atoms with Crippen LogP contribution in [0.15, 0.2) is 104 Å². The summed E-state index contributed by atoms with van der Waals surface area (Å²) in [4.78, 5) is 39.2. The topological polar surface area (TPSA) is 295 Å². The molecule has 3 aliphatic rings. The molecule has 10 aromatic rings. The van der Waals surface area contributed by atoms with Crippen LogP contribution < -0.4 is 59.3 Å². The van der Waals surface area contributed by atoms with Gasteiger partial charge in [-0.2, -0.15) is 9.97 Å². The lowest BCUT2D eigenvalue weighted by molar-refractivity contribution is 0.242. The third-order valence-corrected chi connectivity index (χ3v) is 17.2. The largest absolute Gasteiger partial charge is 0.496 e. The quantitative estimate of drug-likeness (QED) is 0.0324. The Morgan fingerprint density at radius 3 is 1.52 bits per heavy atom. The summed E-state index contributed by atoms with van der Waals surface area (Å²) in [6, 6.07) is 25.4. The smallest absolute Gasteiger partial charge is 0.230 e. The van der Waals surface area contributed by atoms with Crippen LogP contribution in [-0.4, -0.2) is 169 Å². The van der Waals surface area contributed by atoms with Crippen LogP contribution in [0, 0.1) is 13.8 Å². The van der Waals surface area contributed by atoms with Gasteiger partial charge in [0.2, 0.25) is 22.3 Å². The molecule has 3 saturated heterocycles. The third-order valence-electron chi connectivity index (χ3n) is 16.6. The van der Waals surface area contributed by atoms with Gasteiger partial charge in [-0.15, -0.1) is 0 Å². The molecule has 8 heterocycles. The molecule has 534 valence electrons. The van der Waals surface area contributed by atoms with Crippen LogP contribution in [0.25, 0.3) is 44.1 Å². The summed E-state index contributed by atoms with van der Waals surface area (Å²) in [5.41, 5.74) is 11.9. The number of imidazole rings is 2. The Hall–Kier alpha value is -8.95. The van der Waals surface area contributed by atoms with E-state index in [-0.39, 0.29) is 54.2 Å². The van der Waals surface area contributed by atoms with Crippen molar-refractivity contribution in [1.82, 2.24) is 54.3 Å². The molecule has 0 spiro atoms. The number of anilines is 5. The predicted molar refractivity (Wildman–Crippen MR) is 394 cm³/mol. The molecule has 28 heteroatoms. The van der Waals surface area contributed by atoms with E-state index in [1.165, 1.54) is 6.42 Å². The Kier molecular flexibility index (Phi) is 26.6. The third kappa shape index (κ3) is 19.3. The Morgan fingerprint density at radius 2 is 1.04 bits per heavy atom. The number of halogens is 3. The molecular weight excluding hydrogens is 1340 g/mol. The molecule has 0 unspecified atom stereocenters. The molecule has 0 radical (unpaired) electrons. The van der Waals surface area contributed by atoms with Gasteiger partial charge in [0.25, 0.3) is 0 Å². The van der Waals surface area contributed by atoms with Crippen molar-refractivity contribution < 1.29 is 48.5 Å². The summed E-state index contributed by atoms with van der Waals surface area (Å²) in [7, 11) is 6.39. The summed E-state index contributed by atoms with van der Waals surface area (Å²) in [6.45, 7) is 19.3. The van der Waals surface area contributed by atoms with E-state index < -0.39 is 0 Å². The number of benzene rings is 5. The monoisotopic (exact) mass is 1430 g/mol. The van der Waals surface area contributed by atoms with E-state index in [1.54, 1.807) is 57.9 Å². The molecule has 0 bridgehead atoms. The van der Waals surface area contributed by atoms with Gasteiger partial charge in [0.05, 0.1) is 119 Å². The van der Waals surface area contributed by atoms with Crippen LogP contribution >= 0.6 is 34.8 Å². The van der Waals surface area contributed by atoms with E-state index in [2.05, 4.69) is 63.3 Å². The number of fused-ring (bicyclic) bond motifs is 3. The first-order valence-corrected chi connectivity index (χ1v) is 34.3. The van der Waals surface area contributed by atoms with Gasteiger partial charge in [0.1, 0.15) is 58.3 Å². The van der Waals surface area contributed by atoms with Crippen molar-refractivity contribution in [2.75, 3.05) is 88.7 Å². The van der Waals surface area contributed by atoms with Gasteiger partial charge in [-0.1, -0.05) is 11.6 Å². The molecule has 3 aliphatic heterocycles. The van der Waals surface area contributed by atoms with Gasteiger partial charge in [-0.25, -0.2) is 29.9 Å². The minimum Gasteiger partial charge on any atom is -0.496 e. The van der Waals surface area contributed by atoms with E-state index in [0.29, 0.717) is 58.2 Å². The van der Waals surface area contributed by atoms with Crippen molar-refractivity contribution in [3.05, 3.63) is 131 Å². The second kappa shape index (κ2) is 35.4. The molecule has 7 N–H and O–H groups in total. The van der Waals surface area contributed by atoms with Gasteiger partial charge in [-0.3, -0.25) is 0 Å². The maximum atomic E-state index is 9.96. The summed E-state index contributed by atoms with van der Waals surface area (Å²) in [5.74, 6) is 7.93. The van der Waals surface area contributed by atoms with Crippen LogP contribution in [0.1, 0.15) is 91.2 Å². The standard InChI is InChI=1S/C28H34N6O3.C16H20ClN3O2.C12H15N3O3.C11H10Cl2N2O.C5H11NO/c1-17(2)37-22-8-9-23-24(13-22)30-28(32-27(23)34-10-6-7-20(34)15-35)31-26-14-33(16-29-26)21-11-18(3)19(4)25(12-21)36-5;1-10(2)22-12-5-6-13-14(8-12)18-16(17)19-15(13)20-7-3-4-11(20)9-21;1-16-9-4-8(15-6-11(13)14-7-15)5-10(17-2)12(9)18-3;1-6(2)16-7-3-4-8-9(5-7)14-11(13)15-10(8)12;7-4-5-2-1-3-6-5/h8-9,11-14,16-17,20,35H,6-7,10,15H2,1-5H3,(H,30,31,32);5-6,8,10-11,21H,3-4,7,9H2,1-2H3;4-7H,13H2,1-3H3;3-6H,1-2H3;5-7H,1-4H2/t20-;11-;;;5-/m00..0/s1. The molecule has 100 heavy (non-hydrogen) atoms. The lowest BCUT2D eigenvalue weighted by Gasteiger charge is -2.26. The zero-order chi connectivity index (χ0) is 71.7. The van der Waals surface area contributed by atoms with Gasteiger partial charge in [-0.05, 0) is 177 Å². The number of ether oxygens (including phenoxy) is 7. The summed E-state index contributed by atoms with van der Waals surface area (Å²) >= 11 is 17.8. The Morgan fingerprint density at radius 1 is 0.550 bits per heavy atom. The number of aromatic nitrogens is 10. The zero-order valence-electron chi connectivity index (χ0n) is 58.5. The number of rotatable bonds is 19. The molecule has 5 aromatic carbocycles. The van der Waals surface area contributed by atoms with E-state index in [4.69, 9.17) is 88.8 Å². The first kappa shape index (κ1) is 75.3. The molecule has 0 saturated carbocycles. The van der Waals surface area contributed by atoms with Crippen LogP contribution in [-0.2, 0) is 0 Å². The Labute approximate surface area is 597 Å². The van der Waals surface area contributed by atoms with Gasteiger partial charge >= 0.3 is 0 Å². The number of hydrogen-bond acceptors (Lipinski definition) is 23. The lowest BCUT2D eigenvalue weighted by atomic mass is 10.1. The number of nitrogens with zero attached hydrogens (tertiary/aromatic N) is 12. The molecule has 5 aromatic heterocycles. The molecule has 0 amide bonds. The van der Waals surface area contributed by atoms with E-state index in [9.17, 15) is 10.2 Å². The van der Waals surface area contributed by atoms with E-state index in [1.807, 2.05) is 126 Å². The minimum absolute atomic E-state index is 0.0384. The highest BCUT2D eigenvalue weighted by molar-refractivity contribution is 6.35. The summed E-state index contributed by atoms with van der Waals surface area (Å²) < 4.78 is 42.3. The number of hydrogen-bond donors (Lipinski definition) is 6. The number of nitrogen functional groups attached to an aromatic ring is 1. The fourth-order valence-corrected chi connectivity index (χ4v) is 12.4. The second-order valence-electron chi connectivity index (χ2n) is 24.8. The van der Waals surface area contributed by atoms with Crippen LogP contribution in [0.2, 0.25) is 15.7 Å². The number of nitrogens with one attached hydrogen (secondary N) is 2. The average Bonchev–Trinajstić information content (AvgIpc) is 1.31. The molecule has 3 fully saturated rings. The molecule has 13 rings (SSSR count). The van der Waals surface area contributed by atoms with Crippen LogP contribution in [0.4, 0.5) is 29.2 Å².